The first kappa shape index (κ1) is 22.0. The highest BCUT2D eigenvalue weighted by atomic mass is 32.2. The molecule has 0 bridgehead atoms. The van der Waals surface area contributed by atoms with Gasteiger partial charge in [-0.1, -0.05) is 37.8 Å². The number of hydrogen-bond donors (Lipinski definition) is 1. The first-order valence-corrected chi connectivity index (χ1v) is 10.8. The van der Waals surface area contributed by atoms with Gasteiger partial charge >= 0.3 is 0 Å². The fourth-order valence-corrected chi connectivity index (χ4v) is 4.06. The first-order chi connectivity index (χ1) is 14.3. The summed E-state index contributed by atoms with van der Waals surface area (Å²) < 4.78 is 13.1. The summed E-state index contributed by atoms with van der Waals surface area (Å²) in [6.07, 6.45) is 1.91. The van der Waals surface area contributed by atoms with Gasteiger partial charge in [0.1, 0.15) is 5.82 Å². The van der Waals surface area contributed by atoms with E-state index in [2.05, 4.69) is 30.7 Å². The second kappa shape index (κ2) is 9.38. The average Bonchev–Trinajstić information content (AvgIpc) is 2.72. The standard InChI is InChI=1S/C22H27N3O4S/c1-6-9-30-22-24-21(27)19-15(11-18(26)23-20(19)25(22)4)14-7-8-16(17(10-14)28-5)29-12-13(2)3/h6-8,10,13,15H,1,9,11-12H2,2-5H3,(H,23,26). The van der Waals surface area contributed by atoms with Crippen LogP contribution in [0.4, 0.5) is 5.82 Å². The number of carbonyl (C=O) groups is 1. The van der Waals surface area contributed by atoms with E-state index in [1.54, 1.807) is 24.8 Å². The molecule has 1 unspecified atom stereocenters. The van der Waals surface area contributed by atoms with Crippen molar-refractivity contribution in [2.75, 3.05) is 24.8 Å². The first-order valence-electron chi connectivity index (χ1n) is 9.80. The molecule has 0 saturated heterocycles. The summed E-state index contributed by atoms with van der Waals surface area (Å²) in [5.41, 5.74) is 0.960. The number of carbonyl (C=O) groups excluding carboxylic acids is 1. The van der Waals surface area contributed by atoms with Crippen molar-refractivity contribution in [2.24, 2.45) is 13.0 Å². The Morgan fingerprint density at radius 1 is 1.37 bits per heavy atom. The number of nitrogens with one attached hydrogen (secondary N) is 1. The Hall–Kier alpha value is -2.74. The summed E-state index contributed by atoms with van der Waals surface area (Å²) in [7, 11) is 3.37. The molecule has 0 radical (unpaired) electrons. The van der Waals surface area contributed by atoms with Crippen LogP contribution in [0.1, 0.15) is 37.3 Å². The van der Waals surface area contributed by atoms with Crippen LogP contribution in [-0.4, -0.2) is 34.9 Å². The van der Waals surface area contributed by atoms with E-state index >= 15 is 0 Å². The molecule has 2 aromatic rings. The Balaban J connectivity index is 2.04. The van der Waals surface area contributed by atoms with Crippen molar-refractivity contribution in [1.29, 1.82) is 0 Å². The zero-order valence-corrected chi connectivity index (χ0v) is 18.5. The van der Waals surface area contributed by atoms with Gasteiger partial charge in [-0.05, 0) is 23.6 Å². The summed E-state index contributed by atoms with van der Waals surface area (Å²) in [6, 6.07) is 5.54. The number of benzene rings is 1. The number of amides is 1. The van der Waals surface area contributed by atoms with Gasteiger partial charge in [-0.15, -0.1) is 6.58 Å². The molecule has 0 aliphatic carbocycles. The molecule has 160 valence electrons. The monoisotopic (exact) mass is 429 g/mol. The largest absolute Gasteiger partial charge is 0.493 e. The molecule has 1 N–H and O–H groups in total. The van der Waals surface area contributed by atoms with E-state index in [9.17, 15) is 9.59 Å². The van der Waals surface area contributed by atoms with Crippen LogP contribution < -0.4 is 20.3 Å². The van der Waals surface area contributed by atoms with Gasteiger partial charge in [0.05, 0.1) is 19.3 Å². The van der Waals surface area contributed by atoms with E-state index in [1.807, 2.05) is 18.2 Å². The Kier molecular flexibility index (Phi) is 6.87. The Labute approximate surface area is 180 Å². The topological polar surface area (TPSA) is 82.5 Å². The third-order valence-corrected chi connectivity index (χ3v) is 5.82. The molecule has 2 heterocycles. The van der Waals surface area contributed by atoms with E-state index in [1.165, 1.54) is 11.8 Å². The van der Waals surface area contributed by atoms with E-state index in [0.29, 0.717) is 46.3 Å². The van der Waals surface area contributed by atoms with Crippen molar-refractivity contribution in [1.82, 2.24) is 9.55 Å². The third-order valence-electron chi connectivity index (χ3n) is 4.79. The number of anilines is 1. The molecule has 1 atom stereocenters. The van der Waals surface area contributed by atoms with E-state index in [-0.39, 0.29) is 17.9 Å². The zero-order chi connectivity index (χ0) is 21.8. The van der Waals surface area contributed by atoms with Gasteiger partial charge in [0.15, 0.2) is 16.7 Å². The quantitative estimate of drug-likeness (QED) is 0.392. The summed E-state index contributed by atoms with van der Waals surface area (Å²) in [4.78, 5) is 29.6. The lowest BCUT2D eigenvalue weighted by Crippen LogP contribution is -2.33. The van der Waals surface area contributed by atoms with Crippen LogP contribution >= 0.6 is 11.8 Å². The van der Waals surface area contributed by atoms with Crippen LogP contribution in [0.15, 0.2) is 40.8 Å². The van der Waals surface area contributed by atoms with Gasteiger partial charge in [-0.2, -0.15) is 4.98 Å². The van der Waals surface area contributed by atoms with E-state index < -0.39 is 5.92 Å². The second-order valence-electron chi connectivity index (χ2n) is 7.54. The molecule has 3 rings (SSSR count). The predicted molar refractivity (Wildman–Crippen MR) is 119 cm³/mol. The SMILES string of the molecule is C=CCSc1nc(=O)c2c(n1C)NC(=O)CC2c1ccc(OCC(C)C)c(OC)c1. The van der Waals surface area contributed by atoms with Crippen molar-refractivity contribution in [3.8, 4) is 11.5 Å². The second-order valence-corrected chi connectivity index (χ2v) is 8.53. The summed E-state index contributed by atoms with van der Waals surface area (Å²) >= 11 is 1.39. The smallest absolute Gasteiger partial charge is 0.279 e. The maximum atomic E-state index is 12.9. The maximum Gasteiger partial charge on any atom is 0.279 e. The maximum absolute atomic E-state index is 12.9. The average molecular weight is 430 g/mol. The Morgan fingerprint density at radius 3 is 2.80 bits per heavy atom. The van der Waals surface area contributed by atoms with Crippen molar-refractivity contribution in [2.45, 2.75) is 31.3 Å². The number of aromatic nitrogens is 2. The summed E-state index contributed by atoms with van der Waals surface area (Å²) in [5, 5.41) is 3.38. The normalized spacial score (nSPS) is 15.5. The Bertz CT molecular complexity index is 1020. The molecule has 7 nitrogen and oxygen atoms in total. The number of fused-ring (bicyclic) bond motifs is 1. The highest BCUT2D eigenvalue weighted by Crippen LogP contribution is 2.39. The van der Waals surface area contributed by atoms with Gasteiger partial charge < -0.3 is 19.4 Å². The lowest BCUT2D eigenvalue weighted by molar-refractivity contribution is -0.116. The number of rotatable bonds is 8. The van der Waals surface area contributed by atoms with Crippen LogP contribution in [0.25, 0.3) is 0 Å². The van der Waals surface area contributed by atoms with Crippen molar-refractivity contribution in [3.63, 3.8) is 0 Å². The minimum absolute atomic E-state index is 0.146. The molecular formula is C22H27N3O4S. The van der Waals surface area contributed by atoms with Crippen LogP contribution in [0.5, 0.6) is 11.5 Å². The number of methoxy groups -OCH3 is 1. The summed E-state index contributed by atoms with van der Waals surface area (Å²) in [5.74, 6) is 2.14. The molecule has 1 aliphatic heterocycles. The van der Waals surface area contributed by atoms with Gasteiger partial charge in [0, 0.05) is 25.1 Å². The molecule has 30 heavy (non-hydrogen) atoms. The van der Waals surface area contributed by atoms with Crippen molar-refractivity contribution >= 4 is 23.5 Å². The predicted octanol–water partition coefficient (Wildman–Crippen LogP) is 3.58. The molecule has 0 saturated carbocycles. The number of hydrogen-bond acceptors (Lipinski definition) is 6. The van der Waals surface area contributed by atoms with Crippen molar-refractivity contribution < 1.29 is 14.3 Å². The Morgan fingerprint density at radius 2 is 2.13 bits per heavy atom. The fourth-order valence-electron chi connectivity index (χ4n) is 3.36. The van der Waals surface area contributed by atoms with Gasteiger partial charge in [0.2, 0.25) is 5.91 Å². The van der Waals surface area contributed by atoms with E-state index in [4.69, 9.17) is 9.47 Å². The van der Waals surface area contributed by atoms with Gasteiger partial charge in [0.25, 0.3) is 5.56 Å². The summed E-state index contributed by atoms with van der Waals surface area (Å²) in [6.45, 7) is 8.41. The molecule has 1 amide bonds. The minimum atomic E-state index is -0.411. The van der Waals surface area contributed by atoms with Gasteiger partial charge in [-0.25, -0.2) is 0 Å². The molecule has 1 aliphatic rings. The lowest BCUT2D eigenvalue weighted by Gasteiger charge is -2.28. The highest BCUT2D eigenvalue weighted by molar-refractivity contribution is 7.99. The van der Waals surface area contributed by atoms with Crippen molar-refractivity contribution in [3.05, 3.63) is 52.3 Å². The van der Waals surface area contributed by atoms with Gasteiger partial charge in [-0.3, -0.25) is 9.59 Å². The van der Waals surface area contributed by atoms with Crippen LogP contribution in [0.2, 0.25) is 0 Å². The molecular weight excluding hydrogens is 402 g/mol. The molecule has 0 spiro atoms. The van der Waals surface area contributed by atoms with Crippen LogP contribution in [0, 0.1) is 5.92 Å². The fraction of sp³-hybridized carbons (Fsp3) is 0.409. The molecule has 0 fully saturated rings. The number of nitrogens with zero attached hydrogens (tertiary/aromatic N) is 2. The van der Waals surface area contributed by atoms with Crippen LogP contribution in [-0.2, 0) is 11.8 Å². The van der Waals surface area contributed by atoms with Crippen LogP contribution in [0.3, 0.4) is 0 Å². The number of thioether (sulfide) groups is 1. The minimum Gasteiger partial charge on any atom is -0.493 e. The lowest BCUT2D eigenvalue weighted by atomic mass is 9.86. The molecule has 8 heteroatoms. The molecule has 1 aromatic heterocycles. The number of ether oxygens (including phenoxy) is 2. The highest BCUT2D eigenvalue weighted by Gasteiger charge is 2.32. The molecule has 1 aromatic carbocycles. The van der Waals surface area contributed by atoms with E-state index in [0.717, 1.165) is 5.56 Å². The third kappa shape index (κ3) is 4.53. The zero-order valence-electron chi connectivity index (χ0n) is 17.7.